The largest absolute Gasteiger partial charge is 0.489 e. The highest BCUT2D eigenvalue weighted by molar-refractivity contribution is 5.99. The molecule has 0 aliphatic carbocycles. The molecule has 1 fully saturated rings. The van der Waals surface area contributed by atoms with E-state index in [4.69, 9.17) is 4.74 Å². The van der Waals surface area contributed by atoms with Gasteiger partial charge in [0, 0.05) is 49.5 Å². The van der Waals surface area contributed by atoms with Crippen LogP contribution in [0, 0.1) is 0 Å². The molecule has 3 aromatic rings. The van der Waals surface area contributed by atoms with Gasteiger partial charge in [-0.25, -0.2) is 0 Å². The Bertz CT molecular complexity index is 941. The van der Waals surface area contributed by atoms with Gasteiger partial charge in [-0.2, -0.15) is 5.10 Å². The summed E-state index contributed by atoms with van der Waals surface area (Å²) in [6, 6.07) is 11.3. The van der Waals surface area contributed by atoms with Gasteiger partial charge in [0.1, 0.15) is 18.4 Å². The Hall–Kier alpha value is -3.35. The molecule has 7 heteroatoms. The van der Waals surface area contributed by atoms with Crippen molar-refractivity contribution in [3.63, 3.8) is 0 Å². The van der Waals surface area contributed by atoms with Crippen molar-refractivity contribution in [3.05, 3.63) is 66.7 Å². The maximum absolute atomic E-state index is 12.9. The van der Waals surface area contributed by atoms with Crippen molar-refractivity contribution in [1.82, 2.24) is 14.8 Å². The molecule has 4 rings (SSSR count). The minimum atomic E-state index is -0.262. The van der Waals surface area contributed by atoms with Crippen LogP contribution in [0.4, 0.5) is 11.4 Å². The van der Waals surface area contributed by atoms with Gasteiger partial charge in [-0.1, -0.05) is 12.1 Å². The standard InChI is InChI=1S/C21H23N5O2/c1-25-14-18(13-23-25)26-10-4-8-20(21(26)27)24-17-6-2-7-19(11-17)28-15-16-5-3-9-22-12-16/h2-3,5-7,9,11-14,20,24H,4,8,10,15H2,1H3. The Morgan fingerprint density at radius 1 is 1.25 bits per heavy atom. The normalized spacial score (nSPS) is 16.8. The van der Waals surface area contributed by atoms with Crippen LogP contribution in [0.5, 0.6) is 5.75 Å². The number of aromatic nitrogens is 3. The molecule has 0 bridgehead atoms. The number of anilines is 2. The van der Waals surface area contributed by atoms with Gasteiger partial charge in [0.2, 0.25) is 5.91 Å². The fraction of sp³-hybridized carbons (Fsp3) is 0.286. The summed E-state index contributed by atoms with van der Waals surface area (Å²) in [5.74, 6) is 0.821. The molecule has 1 N–H and O–H groups in total. The number of pyridine rings is 1. The molecule has 3 heterocycles. The molecule has 1 aliphatic heterocycles. The van der Waals surface area contributed by atoms with Crippen molar-refractivity contribution in [1.29, 1.82) is 0 Å². The first-order valence-electron chi connectivity index (χ1n) is 9.37. The van der Waals surface area contributed by atoms with Gasteiger partial charge in [-0.3, -0.25) is 14.5 Å². The van der Waals surface area contributed by atoms with E-state index in [2.05, 4.69) is 15.4 Å². The zero-order valence-corrected chi connectivity index (χ0v) is 15.8. The lowest BCUT2D eigenvalue weighted by atomic mass is 10.0. The zero-order chi connectivity index (χ0) is 19.3. The van der Waals surface area contributed by atoms with Gasteiger partial charge in [0.15, 0.2) is 0 Å². The fourth-order valence-electron chi connectivity index (χ4n) is 3.34. The molecule has 1 saturated heterocycles. The zero-order valence-electron chi connectivity index (χ0n) is 15.8. The second-order valence-corrected chi connectivity index (χ2v) is 6.88. The van der Waals surface area contributed by atoms with Crippen molar-refractivity contribution in [2.45, 2.75) is 25.5 Å². The summed E-state index contributed by atoms with van der Waals surface area (Å²) < 4.78 is 7.57. The predicted octanol–water partition coefficient (Wildman–Crippen LogP) is 3.00. The summed E-state index contributed by atoms with van der Waals surface area (Å²) >= 11 is 0. The van der Waals surface area contributed by atoms with Crippen LogP contribution in [-0.2, 0) is 18.4 Å². The summed E-state index contributed by atoms with van der Waals surface area (Å²) in [5.41, 5.74) is 2.72. The molecule has 28 heavy (non-hydrogen) atoms. The summed E-state index contributed by atoms with van der Waals surface area (Å²) in [4.78, 5) is 18.8. The minimum absolute atomic E-state index is 0.0703. The molecular formula is C21H23N5O2. The number of rotatable bonds is 6. The van der Waals surface area contributed by atoms with E-state index in [0.29, 0.717) is 6.61 Å². The van der Waals surface area contributed by atoms with E-state index in [1.54, 1.807) is 28.2 Å². The smallest absolute Gasteiger partial charge is 0.249 e. The lowest BCUT2D eigenvalue weighted by Crippen LogP contribution is -2.47. The third-order valence-corrected chi connectivity index (χ3v) is 4.74. The van der Waals surface area contributed by atoms with Crippen LogP contribution in [0.25, 0.3) is 0 Å². The van der Waals surface area contributed by atoms with Crippen LogP contribution in [0.2, 0.25) is 0 Å². The van der Waals surface area contributed by atoms with Crippen LogP contribution in [0.1, 0.15) is 18.4 Å². The van der Waals surface area contributed by atoms with Gasteiger partial charge in [-0.15, -0.1) is 0 Å². The van der Waals surface area contributed by atoms with Crippen molar-refractivity contribution < 1.29 is 9.53 Å². The quantitative estimate of drug-likeness (QED) is 0.715. The van der Waals surface area contributed by atoms with E-state index >= 15 is 0 Å². The number of carbonyl (C=O) groups is 1. The van der Waals surface area contributed by atoms with Crippen LogP contribution in [0.3, 0.4) is 0 Å². The highest BCUT2D eigenvalue weighted by atomic mass is 16.5. The van der Waals surface area contributed by atoms with Crippen molar-refractivity contribution >= 4 is 17.3 Å². The second kappa shape index (κ2) is 8.12. The molecule has 144 valence electrons. The highest BCUT2D eigenvalue weighted by Crippen LogP contribution is 2.24. The third-order valence-electron chi connectivity index (χ3n) is 4.74. The number of carbonyl (C=O) groups excluding carboxylic acids is 1. The lowest BCUT2D eigenvalue weighted by Gasteiger charge is -2.32. The summed E-state index contributed by atoms with van der Waals surface area (Å²) in [5, 5.41) is 7.54. The number of aryl methyl sites for hydroxylation is 1. The average molecular weight is 377 g/mol. The Morgan fingerprint density at radius 3 is 2.96 bits per heavy atom. The number of hydrogen-bond acceptors (Lipinski definition) is 5. The highest BCUT2D eigenvalue weighted by Gasteiger charge is 2.30. The van der Waals surface area contributed by atoms with E-state index in [0.717, 1.165) is 42.1 Å². The second-order valence-electron chi connectivity index (χ2n) is 6.88. The van der Waals surface area contributed by atoms with Gasteiger partial charge < -0.3 is 15.0 Å². The minimum Gasteiger partial charge on any atom is -0.489 e. The molecule has 2 aromatic heterocycles. The number of benzene rings is 1. The Kier molecular flexibility index (Phi) is 5.23. The van der Waals surface area contributed by atoms with E-state index in [1.807, 2.05) is 49.6 Å². The monoisotopic (exact) mass is 377 g/mol. The van der Waals surface area contributed by atoms with Crippen molar-refractivity contribution in [2.24, 2.45) is 7.05 Å². The molecule has 0 spiro atoms. The summed E-state index contributed by atoms with van der Waals surface area (Å²) in [7, 11) is 1.85. The maximum Gasteiger partial charge on any atom is 0.249 e. The Labute approximate surface area is 164 Å². The number of ether oxygens (including phenoxy) is 1. The molecule has 1 aliphatic rings. The summed E-state index contributed by atoms with van der Waals surface area (Å²) in [6.45, 7) is 1.17. The number of nitrogens with one attached hydrogen (secondary N) is 1. The third kappa shape index (κ3) is 4.14. The molecule has 1 atom stereocenters. The number of amides is 1. The van der Waals surface area contributed by atoms with Gasteiger partial charge >= 0.3 is 0 Å². The van der Waals surface area contributed by atoms with E-state index < -0.39 is 0 Å². The molecule has 7 nitrogen and oxygen atoms in total. The van der Waals surface area contributed by atoms with Crippen LogP contribution in [-0.4, -0.2) is 33.3 Å². The Balaban J connectivity index is 1.41. The SMILES string of the molecule is Cn1cc(N2CCCC(Nc3cccc(OCc4cccnc4)c3)C2=O)cn1. The van der Waals surface area contributed by atoms with Crippen molar-refractivity contribution in [3.8, 4) is 5.75 Å². The molecule has 1 amide bonds. The topological polar surface area (TPSA) is 72.3 Å². The van der Waals surface area contributed by atoms with E-state index in [-0.39, 0.29) is 11.9 Å². The number of nitrogens with zero attached hydrogens (tertiary/aromatic N) is 4. The predicted molar refractivity (Wildman–Crippen MR) is 107 cm³/mol. The van der Waals surface area contributed by atoms with Gasteiger partial charge in [-0.05, 0) is 31.0 Å². The molecular weight excluding hydrogens is 354 g/mol. The molecule has 1 unspecified atom stereocenters. The first-order valence-corrected chi connectivity index (χ1v) is 9.37. The van der Waals surface area contributed by atoms with Gasteiger partial charge in [0.25, 0.3) is 0 Å². The maximum atomic E-state index is 12.9. The number of hydrogen-bond donors (Lipinski definition) is 1. The van der Waals surface area contributed by atoms with Crippen molar-refractivity contribution in [2.75, 3.05) is 16.8 Å². The van der Waals surface area contributed by atoms with E-state index in [9.17, 15) is 4.79 Å². The summed E-state index contributed by atoms with van der Waals surface area (Å²) in [6.07, 6.45) is 8.87. The fourth-order valence-corrected chi connectivity index (χ4v) is 3.34. The van der Waals surface area contributed by atoms with Crippen LogP contribution >= 0.6 is 0 Å². The van der Waals surface area contributed by atoms with Gasteiger partial charge in [0.05, 0.1) is 11.9 Å². The van der Waals surface area contributed by atoms with Crippen LogP contribution < -0.4 is 15.0 Å². The van der Waals surface area contributed by atoms with Crippen LogP contribution in [0.15, 0.2) is 61.2 Å². The average Bonchev–Trinajstić information content (AvgIpc) is 3.15. The Morgan fingerprint density at radius 2 is 2.18 bits per heavy atom. The number of piperidine rings is 1. The first kappa shape index (κ1) is 18.0. The molecule has 0 radical (unpaired) electrons. The lowest BCUT2D eigenvalue weighted by molar-refractivity contribution is -0.120. The molecule has 0 saturated carbocycles. The first-order chi connectivity index (χ1) is 13.7. The van der Waals surface area contributed by atoms with E-state index in [1.165, 1.54) is 0 Å². The molecule has 1 aromatic carbocycles.